The van der Waals surface area contributed by atoms with Crippen LogP contribution in [0.4, 0.5) is 0 Å². The summed E-state index contributed by atoms with van der Waals surface area (Å²) in [6.45, 7) is 10.8. The van der Waals surface area contributed by atoms with Crippen LogP contribution in [-0.2, 0) is 18.5 Å². The molecule has 0 spiro atoms. The number of amidine groups is 3. The predicted molar refractivity (Wildman–Crippen MR) is 242 cm³/mol. The molecule has 1 saturated carbocycles. The van der Waals surface area contributed by atoms with Crippen LogP contribution < -0.4 is 0 Å². The first kappa shape index (κ1) is 38.7. The van der Waals surface area contributed by atoms with Crippen molar-refractivity contribution in [2.24, 2.45) is 25.0 Å². The molecule has 57 heavy (non-hydrogen) atoms. The zero-order valence-corrected chi connectivity index (χ0v) is 32.8. The van der Waals surface area contributed by atoms with Gasteiger partial charge in [-0.05, 0) is 66.2 Å². The molecule has 0 aromatic heterocycles. The SMILES string of the molecule is C=NC(=NCc1cccc2ccccc12)c1ccc(C2(c3ccc(CN=C(N=C(N=C)c4cccccc(C)ccc4)c4ccccc4)cc3)CCCCC2)cc1. The summed E-state index contributed by atoms with van der Waals surface area (Å²) in [7, 11) is 0. The smallest absolute Gasteiger partial charge is 0.161 e. The maximum Gasteiger partial charge on any atom is 0.161 e. The molecule has 6 aromatic carbocycles. The van der Waals surface area contributed by atoms with Crippen molar-refractivity contribution in [3.05, 3.63) is 214 Å². The van der Waals surface area contributed by atoms with Crippen molar-refractivity contribution in [1.82, 2.24) is 0 Å². The van der Waals surface area contributed by atoms with E-state index in [4.69, 9.17) is 15.0 Å². The fourth-order valence-electron chi connectivity index (χ4n) is 7.82. The number of hydrogen-bond acceptors (Lipinski definition) is 2. The minimum absolute atomic E-state index is 0.0564. The van der Waals surface area contributed by atoms with Crippen LogP contribution in [0.3, 0.4) is 0 Å². The average Bonchev–Trinajstić information content (AvgIpc) is 3.27. The maximum absolute atomic E-state index is 5.06. The molecular formula is C52H49N5. The summed E-state index contributed by atoms with van der Waals surface area (Å²) in [5.41, 5.74) is 8.83. The second kappa shape index (κ2) is 18.8. The molecule has 6 aromatic rings. The van der Waals surface area contributed by atoms with E-state index in [0.717, 1.165) is 40.7 Å². The summed E-state index contributed by atoms with van der Waals surface area (Å²) in [6.07, 6.45) is 5.89. The van der Waals surface area contributed by atoms with Gasteiger partial charge in [0.2, 0.25) is 0 Å². The predicted octanol–water partition coefficient (Wildman–Crippen LogP) is 12.3. The molecule has 0 bridgehead atoms. The summed E-state index contributed by atoms with van der Waals surface area (Å²) < 4.78 is 0. The lowest BCUT2D eigenvalue weighted by Gasteiger charge is -2.39. The number of hydrogen-bond donors (Lipinski definition) is 0. The van der Waals surface area contributed by atoms with Crippen LogP contribution in [-0.4, -0.2) is 30.9 Å². The third-order valence-electron chi connectivity index (χ3n) is 10.9. The van der Waals surface area contributed by atoms with Crippen LogP contribution in [0.5, 0.6) is 0 Å². The minimum Gasteiger partial charge on any atom is -0.261 e. The molecule has 0 unspecified atom stereocenters. The molecule has 0 N–H and O–H groups in total. The van der Waals surface area contributed by atoms with E-state index in [-0.39, 0.29) is 5.41 Å². The number of fused-ring (bicyclic) bond motifs is 1. The summed E-state index contributed by atoms with van der Waals surface area (Å²) in [4.78, 5) is 23.6. The second-order valence-corrected chi connectivity index (χ2v) is 14.6. The van der Waals surface area contributed by atoms with Crippen molar-refractivity contribution in [3.8, 4) is 0 Å². The Hall–Kier alpha value is -6.59. The highest BCUT2D eigenvalue weighted by molar-refractivity contribution is 6.12. The van der Waals surface area contributed by atoms with Crippen LogP contribution >= 0.6 is 0 Å². The van der Waals surface area contributed by atoms with Gasteiger partial charge >= 0.3 is 0 Å². The molecule has 5 heteroatoms. The third kappa shape index (κ3) is 9.45. The highest BCUT2D eigenvalue weighted by atomic mass is 15.0. The first-order chi connectivity index (χ1) is 28.1. The molecule has 1 fully saturated rings. The van der Waals surface area contributed by atoms with E-state index >= 15 is 0 Å². The first-order valence-electron chi connectivity index (χ1n) is 19.8. The minimum atomic E-state index is -0.0564. The Morgan fingerprint density at radius 1 is 0.491 bits per heavy atom. The number of rotatable bonds is 9. The fourth-order valence-corrected chi connectivity index (χ4v) is 7.82. The lowest BCUT2D eigenvalue weighted by atomic mass is 9.65. The summed E-state index contributed by atoms with van der Waals surface area (Å²) in [6, 6.07) is 59.0. The highest BCUT2D eigenvalue weighted by Crippen LogP contribution is 2.45. The highest BCUT2D eigenvalue weighted by Gasteiger charge is 2.35. The van der Waals surface area contributed by atoms with Gasteiger partial charge in [-0.15, -0.1) is 0 Å². The number of nitrogens with zero attached hydrogens (tertiary/aromatic N) is 5. The second-order valence-electron chi connectivity index (χ2n) is 14.6. The Morgan fingerprint density at radius 3 is 1.72 bits per heavy atom. The molecule has 0 radical (unpaired) electrons. The van der Waals surface area contributed by atoms with Gasteiger partial charge in [-0.1, -0.05) is 195 Å². The van der Waals surface area contributed by atoms with Crippen molar-refractivity contribution in [2.75, 3.05) is 0 Å². The van der Waals surface area contributed by atoms with Crippen LogP contribution in [0.15, 0.2) is 195 Å². The summed E-state index contributed by atoms with van der Waals surface area (Å²) in [5, 5.41) is 2.43. The monoisotopic (exact) mass is 743 g/mol. The number of benzene rings is 5. The van der Waals surface area contributed by atoms with E-state index in [1.165, 1.54) is 46.7 Å². The lowest BCUT2D eigenvalue weighted by molar-refractivity contribution is 0.346. The quantitative estimate of drug-likeness (QED) is 0.105. The molecule has 1 aliphatic carbocycles. The Kier molecular flexibility index (Phi) is 12.8. The molecule has 282 valence electrons. The first-order valence-corrected chi connectivity index (χ1v) is 19.8. The Balaban J connectivity index is 1.14. The van der Waals surface area contributed by atoms with E-state index in [9.17, 15) is 0 Å². The van der Waals surface area contributed by atoms with E-state index < -0.39 is 0 Å². The van der Waals surface area contributed by atoms with Gasteiger partial charge in [0.1, 0.15) is 0 Å². The molecule has 0 heterocycles. The Morgan fingerprint density at radius 2 is 1.02 bits per heavy atom. The molecule has 5 nitrogen and oxygen atoms in total. The normalized spacial score (nSPS) is 14.4. The van der Waals surface area contributed by atoms with Gasteiger partial charge in [-0.2, -0.15) is 0 Å². The number of aliphatic imine (C=N–C) groups is 5. The lowest BCUT2D eigenvalue weighted by Crippen LogP contribution is -2.30. The largest absolute Gasteiger partial charge is 0.261 e. The van der Waals surface area contributed by atoms with Gasteiger partial charge in [0, 0.05) is 22.1 Å². The van der Waals surface area contributed by atoms with Gasteiger partial charge in [0.25, 0.3) is 0 Å². The molecule has 0 aliphatic heterocycles. The zero-order chi connectivity index (χ0) is 39.3. The fraction of sp³-hybridized carbons (Fsp3) is 0.173. The Bertz CT molecular complexity index is 2460. The zero-order valence-electron chi connectivity index (χ0n) is 32.8. The van der Waals surface area contributed by atoms with Crippen LogP contribution in [0.25, 0.3) is 10.8 Å². The van der Waals surface area contributed by atoms with E-state index in [1.54, 1.807) is 0 Å². The van der Waals surface area contributed by atoms with E-state index in [2.05, 4.69) is 133 Å². The van der Waals surface area contributed by atoms with Crippen molar-refractivity contribution in [2.45, 2.75) is 57.5 Å². The average molecular weight is 744 g/mol. The van der Waals surface area contributed by atoms with Crippen LogP contribution in [0.2, 0.25) is 0 Å². The molecule has 1 aliphatic rings. The third-order valence-corrected chi connectivity index (χ3v) is 10.9. The standard InChI is InChI=1S/C52H49N5/c1-39-17-7-4-8-20-42(24-15-18-39)50(54-3)57-51(43-21-9-5-10-22-43)55-37-40-27-31-46(32-28-40)52(35-13-6-14-36-52)47-33-29-44(30-34-47)49(53-2)56-38-45-25-16-23-41-19-11-12-26-48(41)45/h4-5,7-12,15-34H,2-3,6,13-14,35-38H2,1H3. The molecule has 0 amide bonds. The van der Waals surface area contributed by atoms with Gasteiger partial charge in [0.15, 0.2) is 17.5 Å². The molecule has 0 atom stereocenters. The van der Waals surface area contributed by atoms with Crippen LogP contribution in [0, 0.1) is 6.92 Å². The van der Waals surface area contributed by atoms with Gasteiger partial charge < -0.3 is 0 Å². The van der Waals surface area contributed by atoms with Gasteiger partial charge in [-0.25, -0.2) is 15.0 Å². The van der Waals surface area contributed by atoms with Crippen molar-refractivity contribution in [3.63, 3.8) is 0 Å². The van der Waals surface area contributed by atoms with Crippen molar-refractivity contribution >= 4 is 41.7 Å². The van der Waals surface area contributed by atoms with E-state index in [1.807, 2.05) is 66.7 Å². The molecular weight excluding hydrogens is 695 g/mol. The summed E-state index contributed by atoms with van der Waals surface area (Å²) in [5.74, 6) is 1.79. The number of aryl methyl sites for hydroxylation is 1. The van der Waals surface area contributed by atoms with E-state index in [0.29, 0.717) is 30.6 Å². The summed E-state index contributed by atoms with van der Waals surface area (Å²) >= 11 is 0. The molecule has 0 saturated heterocycles. The topological polar surface area (TPSA) is 61.8 Å². The van der Waals surface area contributed by atoms with Gasteiger partial charge in [-0.3, -0.25) is 9.98 Å². The van der Waals surface area contributed by atoms with Crippen molar-refractivity contribution < 1.29 is 0 Å². The molecule has 7 rings (SSSR count). The van der Waals surface area contributed by atoms with Crippen molar-refractivity contribution in [1.29, 1.82) is 0 Å². The van der Waals surface area contributed by atoms with Crippen LogP contribution in [0.1, 0.15) is 76.6 Å². The maximum atomic E-state index is 5.06. The Labute approximate surface area is 337 Å². The van der Waals surface area contributed by atoms with Gasteiger partial charge in [0.05, 0.1) is 13.1 Å².